The van der Waals surface area contributed by atoms with Crippen LogP contribution in [0.4, 0.5) is 17.3 Å². The molecule has 0 aliphatic carbocycles. The van der Waals surface area contributed by atoms with Gasteiger partial charge in [-0.1, -0.05) is 50.3 Å². The number of carbonyl (C=O) groups is 4. The summed E-state index contributed by atoms with van der Waals surface area (Å²) in [5.41, 5.74) is 7.07. The van der Waals surface area contributed by atoms with Gasteiger partial charge in [-0.3, -0.25) is 28.9 Å². The van der Waals surface area contributed by atoms with Crippen LogP contribution in [0.5, 0.6) is 0 Å². The van der Waals surface area contributed by atoms with Gasteiger partial charge in [-0.15, -0.1) is 0 Å². The Morgan fingerprint density at radius 1 is 1.00 bits per heavy atom. The largest absolute Gasteiger partial charge is 0.369 e. The van der Waals surface area contributed by atoms with E-state index >= 15 is 0 Å². The second-order valence-electron chi connectivity index (χ2n) is 16.2. The van der Waals surface area contributed by atoms with Gasteiger partial charge in [0.1, 0.15) is 6.29 Å². The number of likely N-dealkylation sites (N-methyl/N-ethyl adjacent to an activating group) is 1. The number of anilines is 3. The number of hydrogen-bond donors (Lipinski definition) is 2. The van der Waals surface area contributed by atoms with E-state index in [1.165, 1.54) is 16.7 Å². The van der Waals surface area contributed by atoms with E-state index in [-0.39, 0.29) is 17.4 Å². The van der Waals surface area contributed by atoms with Crippen LogP contribution >= 0.6 is 0 Å². The van der Waals surface area contributed by atoms with Gasteiger partial charge in [0.25, 0.3) is 11.8 Å². The molecule has 2 fully saturated rings. The highest BCUT2D eigenvalue weighted by atomic mass is 16.2. The number of aldehydes is 2. The molecular weight excluding hydrogens is 781 g/mol. The standard InChI is InChI=1S/C48H60N10O4/c1-6-8-39(33-59)44(47(62)55(5)43(34-60)9-7-2)19-23-56-21-17-36(18-22-56)31-57-24-26-58(27-25-57)42-14-12-41(13-15-42)52-48-49-20-16-45(53-48)37-10-11-38(35(3)28-37)29-50-46(61)40-30-51-54(4)32-40/h6,8,10-16,19-20,28,30,32-34,36,43H,1,7,9,17-18,21-27,29,31H2,2-5H3,(H,50,61)(H,49,52,53)/b39-8-,44-19+/t43-/m1/s1. The van der Waals surface area contributed by atoms with Crippen molar-refractivity contribution in [1.29, 1.82) is 0 Å². The van der Waals surface area contributed by atoms with E-state index in [1.54, 1.807) is 43.4 Å². The second kappa shape index (κ2) is 22.0. The Labute approximate surface area is 365 Å². The van der Waals surface area contributed by atoms with Crippen molar-refractivity contribution in [3.8, 4) is 11.3 Å². The molecule has 2 aliphatic rings. The van der Waals surface area contributed by atoms with Gasteiger partial charge in [-0.2, -0.15) is 5.10 Å². The molecule has 4 heterocycles. The predicted molar refractivity (Wildman–Crippen MR) is 244 cm³/mol. The molecule has 326 valence electrons. The highest BCUT2D eigenvalue weighted by molar-refractivity contribution is 6.05. The van der Waals surface area contributed by atoms with E-state index in [4.69, 9.17) is 4.98 Å². The fourth-order valence-corrected chi connectivity index (χ4v) is 8.10. The topological polar surface area (TPSA) is 149 Å². The van der Waals surface area contributed by atoms with Crippen molar-refractivity contribution in [3.63, 3.8) is 0 Å². The number of carbonyl (C=O) groups excluding carboxylic acids is 4. The Morgan fingerprint density at radius 3 is 2.40 bits per heavy atom. The summed E-state index contributed by atoms with van der Waals surface area (Å²) in [6, 6.07) is 15.9. The van der Waals surface area contributed by atoms with Crippen LogP contribution in [-0.4, -0.2) is 124 Å². The molecule has 0 bridgehead atoms. The van der Waals surface area contributed by atoms with Crippen LogP contribution in [0.15, 0.2) is 103 Å². The molecule has 0 radical (unpaired) electrons. The molecule has 62 heavy (non-hydrogen) atoms. The van der Waals surface area contributed by atoms with Crippen molar-refractivity contribution in [1.82, 2.24) is 39.8 Å². The van der Waals surface area contributed by atoms with Crippen LogP contribution in [0.25, 0.3) is 11.3 Å². The maximum Gasteiger partial charge on any atom is 0.254 e. The number of rotatable bonds is 19. The first-order chi connectivity index (χ1) is 30.1. The Morgan fingerprint density at radius 2 is 1.76 bits per heavy atom. The van der Waals surface area contributed by atoms with Crippen molar-refractivity contribution < 1.29 is 19.2 Å². The predicted octanol–water partition coefficient (Wildman–Crippen LogP) is 5.76. The van der Waals surface area contributed by atoms with E-state index in [0.29, 0.717) is 48.8 Å². The molecule has 2 amide bonds. The molecule has 6 rings (SSSR count). The number of aryl methyl sites for hydroxylation is 2. The molecule has 14 nitrogen and oxygen atoms in total. The molecule has 14 heteroatoms. The Bertz CT molecular complexity index is 2230. The minimum Gasteiger partial charge on any atom is -0.369 e. The van der Waals surface area contributed by atoms with Crippen LogP contribution in [0.1, 0.15) is 54.1 Å². The Hall–Kier alpha value is -6.25. The molecular formula is C48H60N10O4. The van der Waals surface area contributed by atoms with Crippen LogP contribution in [0.3, 0.4) is 0 Å². The van der Waals surface area contributed by atoms with E-state index in [9.17, 15) is 19.2 Å². The molecule has 0 saturated carbocycles. The van der Waals surface area contributed by atoms with Crippen molar-refractivity contribution in [2.24, 2.45) is 13.0 Å². The summed E-state index contributed by atoms with van der Waals surface area (Å²) in [5.74, 6) is 0.639. The van der Waals surface area contributed by atoms with Gasteiger partial charge in [0.2, 0.25) is 5.95 Å². The Kier molecular flexibility index (Phi) is 16.1. The number of nitrogens with zero attached hydrogens (tertiary/aromatic N) is 8. The SMILES string of the molecule is C=C/C=C(C=O)\C(=C/CN1CCC(CN2CCN(c3ccc(Nc4nccc(-c5ccc(CNC(=O)c6cnn(C)c6)c(C)c5)n4)cc3)CC2)CC1)C(=O)N(C)[C@@H](C=O)CCC. The Balaban J connectivity index is 0.947. The van der Waals surface area contributed by atoms with Gasteiger partial charge in [0.05, 0.1) is 23.5 Å². The summed E-state index contributed by atoms with van der Waals surface area (Å²) in [6.45, 7) is 15.5. The van der Waals surface area contributed by atoms with Gasteiger partial charge in [0, 0.05) is 100 Å². The van der Waals surface area contributed by atoms with Gasteiger partial charge < -0.3 is 25.2 Å². The van der Waals surface area contributed by atoms with Crippen molar-refractivity contribution in [2.45, 2.75) is 52.1 Å². The minimum absolute atomic E-state index is 0.157. The number of nitrogens with one attached hydrogen (secondary N) is 2. The summed E-state index contributed by atoms with van der Waals surface area (Å²) in [6.07, 6.45) is 14.9. The molecule has 0 spiro atoms. The summed E-state index contributed by atoms with van der Waals surface area (Å²) >= 11 is 0. The quantitative estimate of drug-likeness (QED) is 0.0675. The lowest BCUT2D eigenvalue weighted by Crippen LogP contribution is -2.49. The lowest BCUT2D eigenvalue weighted by molar-refractivity contribution is -0.131. The van der Waals surface area contributed by atoms with Crippen molar-refractivity contribution in [2.75, 3.05) is 69.6 Å². The zero-order valence-electron chi connectivity index (χ0n) is 36.5. The number of piperidine rings is 1. The third kappa shape index (κ3) is 12.0. The maximum absolute atomic E-state index is 13.5. The number of amides is 2. The monoisotopic (exact) mass is 840 g/mol. The first-order valence-corrected chi connectivity index (χ1v) is 21.6. The molecule has 2 N–H and O–H groups in total. The highest BCUT2D eigenvalue weighted by Crippen LogP contribution is 2.26. The molecule has 2 aliphatic heterocycles. The van der Waals surface area contributed by atoms with Crippen LogP contribution in [0.2, 0.25) is 0 Å². The summed E-state index contributed by atoms with van der Waals surface area (Å²) in [5, 5.41) is 10.4. The van der Waals surface area contributed by atoms with Gasteiger partial charge in [0.15, 0.2) is 6.29 Å². The van der Waals surface area contributed by atoms with Gasteiger partial charge in [-0.25, -0.2) is 9.97 Å². The van der Waals surface area contributed by atoms with Gasteiger partial charge in [-0.05, 0) is 92.7 Å². The highest BCUT2D eigenvalue weighted by Gasteiger charge is 2.26. The lowest BCUT2D eigenvalue weighted by Gasteiger charge is -2.39. The zero-order chi connectivity index (χ0) is 44.0. The molecule has 1 atom stereocenters. The lowest BCUT2D eigenvalue weighted by atomic mass is 9.95. The molecule has 2 aromatic carbocycles. The zero-order valence-corrected chi connectivity index (χ0v) is 36.5. The summed E-state index contributed by atoms with van der Waals surface area (Å²) in [4.78, 5) is 67.7. The van der Waals surface area contributed by atoms with E-state index in [1.807, 2.05) is 38.1 Å². The summed E-state index contributed by atoms with van der Waals surface area (Å²) in [7, 11) is 3.41. The molecule has 0 unspecified atom stereocenters. The second-order valence-corrected chi connectivity index (χ2v) is 16.2. The smallest absolute Gasteiger partial charge is 0.254 e. The number of allylic oxidation sites excluding steroid dienone is 2. The third-order valence-electron chi connectivity index (χ3n) is 11.9. The number of piperazine rings is 1. The van der Waals surface area contributed by atoms with Crippen LogP contribution in [0, 0.1) is 12.8 Å². The van der Waals surface area contributed by atoms with Crippen molar-refractivity contribution >= 4 is 41.7 Å². The molecule has 2 saturated heterocycles. The average molecular weight is 841 g/mol. The summed E-state index contributed by atoms with van der Waals surface area (Å²) < 4.78 is 1.61. The average Bonchev–Trinajstić information content (AvgIpc) is 3.74. The normalized spacial score (nSPS) is 16.1. The first-order valence-electron chi connectivity index (χ1n) is 21.6. The fraction of sp³-hybridized carbons (Fsp3) is 0.396. The number of likely N-dealkylation sites (tertiary alicyclic amines) is 1. The minimum atomic E-state index is -0.532. The van der Waals surface area contributed by atoms with Gasteiger partial charge >= 0.3 is 0 Å². The van der Waals surface area contributed by atoms with E-state index < -0.39 is 6.04 Å². The number of aromatic nitrogens is 4. The van der Waals surface area contributed by atoms with Crippen LogP contribution in [-0.2, 0) is 28.0 Å². The molecule has 4 aromatic rings. The number of benzene rings is 2. The number of hydrogen-bond acceptors (Lipinski definition) is 11. The molecule has 2 aromatic heterocycles. The maximum atomic E-state index is 13.5. The van der Waals surface area contributed by atoms with Crippen molar-refractivity contribution in [3.05, 3.63) is 120 Å². The van der Waals surface area contributed by atoms with Crippen LogP contribution < -0.4 is 15.5 Å². The van der Waals surface area contributed by atoms with E-state index in [0.717, 1.165) is 99.4 Å². The third-order valence-corrected chi connectivity index (χ3v) is 11.9. The fourth-order valence-electron chi connectivity index (χ4n) is 8.10. The first kappa shape index (κ1) is 45.3. The van der Waals surface area contributed by atoms with E-state index in [2.05, 4.69) is 72.3 Å².